The van der Waals surface area contributed by atoms with Gasteiger partial charge in [-0.1, -0.05) is 11.6 Å². The highest BCUT2D eigenvalue weighted by Gasteiger charge is 2.08. The van der Waals surface area contributed by atoms with Gasteiger partial charge in [-0.25, -0.2) is 0 Å². The van der Waals surface area contributed by atoms with Crippen molar-refractivity contribution in [2.75, 3.05) is 11.1 Å². The standard InChI is InChI=1S/C13H12ClN3O/c14-8-1-4-10(5-2-8)17-12-7-9(15)3-6-11(12)13(16)18/h1-7,17H,15H2,(H2,16,18). The summed E-state index contributed by atoms with van der Waals surface area (Å²) >= 11 is 5.80. The molecule has 5 N–H and O–H groups in total. The summed E-state index contributed by atoms with van der Waals surface area (Å²) in [6, 6.07) is 12.0. The van der Waals surface area contributed by atoms with Gasteiger partial charge in [0.1, 0.15) is 0 Å². The number of carbonyl (C=O) groups excluding carboxylic acids is 1. The molecule has 0 saturated carbocycles. The minimum Gasteiger partial charge on any atom is -0.399 e. The second kappa shape index (κ2) is 4.98. The maximum atomic E-state index is 11.3. The van der Waals surface area contributed by atoms with Gasteiger partial charge < -0.3 is 16.8 Å². The summed E-state index contributed by atoms with van der Waals surface area (Å²) in [4.78, 5) is 11.3. The van der Waals surface area contributed by atoms with Crippen molar-refractivity contribution in [1.82, 2.24) is 0 Å². The van der Waals surface area contributed by atoms with Crippen LogP contribution in [0.4, 0.5) is 17.1 Å². The number of nitrogen functional groups attached to an aromatic ring is 1. The van der Waals surface area contributed by atoms with E-state index in [1.807, 2.05) is 0 Å². The van der Waals surface area contributed by atoms with E-state index in [2.05, 4.69) is 5.32 Å². The number of carbonyl (C=O) groups is 1. The number of primary amides is 1. The van der Waals surface area contributed by atoms with Crippen LogP contribution in [0.25, 0.3) is 0 Å². The molecule has 18 heavy (non-hydrogen) atoms. The number of halogens is 1. The van der Waals surface area contributed by atoms with Crippen LogP contribution in [0.5, 0.6) is 0 Å². The lowest BCUT2D eigenvalue weighted by Gasteiger charge is -2.11. The number of benzene rings is 2. The van der Waals surface area contributed by atoms with Crippen molar-refractivity contribution in [2.24, 2.45) is 5.73 Å². The Morgan fingerprint density at radius 1 is 1.11 bits per heavy atom. The van der Waals surface area contributed by atoms with Gasteiger partial charge in [-0.05, 0) is 42.5 Å². The Balaban J connectivity index is 2.35. The number of hydrogen-bond donors (Lipinski definition) is 3. The van der Waals surface area contributed by atoms with Gasteiger partial charge in [-0.2, -0.15) is 0 Å². The molecule has 0 spiro atoms. The molecule has 0 aliphatic heterocycles. The molecule has 0 aliphatic carbocycles. The summed E-state index contributed by atoms with van der Waals surface area (Å²) in [6.07, 6.45) is 0. The highest BCUT2D eigenvalue weighted by atomic mass is 35.5. The summed E-state index contributed by atoms with van der Waals surface area (Å²) in [7, 11) is 0. The van der Waals surface area contributed by atoms with Crippen LogP contribution in [0, 0.1) is 0 Å². The molecule has 0 aromatic heterocycles. The number of nitrogens with one attached hydrogen (secondary N) is 1. The van der Waals surface area contributed by atoms with Crippen LogP contribution in [0.3, 0.4) is 0 Å². The maximum absolute atomic E-state index is 11.3. The zero-order chi connectivity index (χ0) is 13.1. The average molecular weight is 262 g/mol. The average Bonchev–Trinajstić information content (AvgIpc) is 2.32. The summed E-state index contributed by atoms with van der Waals surface area (Å²) in [5, 5.41) is 3.72. The van der Waals surface area contributed by atoms with Crippen LogP contribution in [-0.2, 0) is 0 Å². The van der Waals surface area contributed by atoms with Crippen molar-refractivity contribution in [3.05, 3.63) is 53.1 Å². The van der Waals surface area contributed by atoms with Gasteiger partial charge in [0, 0.05) is 16.4 Å². The molecule has 0 fully saturated rings. The van der Waals surface area contributed by atoms with Crippen LogP contribution in [0.15, 0.2) is 42.5 Å². The van der Waals surface area contributed by atoms with Crippen molar-refractivity contribution < 1.29 is 4.79 Å². The van der Waals surface area contributed by atoms with Crippen molar-refractivity contribution in [2.45, 2.75) is 0 Å². The van der Waals surface area contributed by atoms with Crippen LogP contribution >= 0.6 is 11.6 Å². The maximum Gasteiger partial charge on any atom is 0.250 e. The Kier molecular flexibility index (Phi) is 3.39. The highest BCUT2D eigenvalue weighted by molar-refractivity contribution is 6.30. The molecule has 5 heteroatoms. The molecule has 0 atom stereocenters. The van der Waals surface area contributed by atoms with Gasteiger partial charge >= 0.3 is 0 Å². The second-order valence-electron chi connectivity index (χ2n) is 3.80. The van der Waals surface area contributed by atoms with E-state index >= 15 is 0 Å². The normalized spacial score (nSPS) is 10.1. The third kappa shape index (κ3) is 2.73. The predicted octanol–water partition coefficient (Wildman–Crippen LogP) is 2.76. The molecule has 92 valence electrons. The molecule has 2 aromatic carbocycles. The van der Waals surface area contributed by atoms with E-state index in [1.165, 1.54) is 0 Å². The molecule has 1 amide bonds. The minimum absolute atomic E-state index is 0.388. The van der Waals surface area contributed by atoms with Crippen LogP contribution < -0.4 is 16.8 Å². The zero-order valence-corrected chi connectivity index (χ0v) is 10.2. The molecule has 0 unspecified atom stereocenters. The Bertz CT molecular complexity index is 581. The molecule has 0 saturated heterocycles. The Labute approximate surface area is 110 Å². The topological polar surface area (TPSA) is 81.1 Å². The first kappa shape index (κ1) is 12.3. The number of hydrogen-bond acceptors (Lipinski definition) is 3. The van der Waals surface area contributed by atoms with Gasteiger partial charge in [0.2, 0.25) is 0 Å². The Morgan fingerprint density at radius 2 is 1.78 bits per heavy atom. The minimum atomic E-state index is -0.508. The van der Waals surface area contributed by atoms with Crippen molar-refractivity contribution in [1.29, 1.82) is 0 Å². The van der Waals surface area contributed by atoms with Crippen LogP contribution in [0.2, 0.25) is 5.02 Å². The van der Waals surface area contributed by atoms with Crippen molar-refractivity contribution in [3.8, 4) is 0 Å². The van der Waals surface area contributed by atoms with Crippen molar-refractivity contribution >= 4 is 34.6 Å². The first-order chi connectivity index (χ1) is 8.56. The number of nitrogens with two attached hydrogens (primary N) is 2. The lowest BCUT2D eigenvalue weighted by atomic mass is 10.1. The summed E-state index contributed by atoms with van der Waals surface area (Å²) < 4.78 is 0. The van der Waals surface area contributed by atoms with Crippen LogP contribution in [0.1, 0.15) is 10.4 Å². The van der Waals surface area contributed by atoms with Gasteiger partial charge in [-0.15, -0.1) is 0 Å². The smallest absolute Gasteiger partial charge is 0.250 e. The molecular formula is C13H12ClN3O. The largest absolute Gasteiger partial charge is 0.399 e. The summed E-state index contributed by atoms with van der Waals surface area (Å²) in [5.74, 6) is -0.508. The first-order valence-electron chi connectivity index (χ1n) is 5.28. The van der Waals surface area contributed by atoms with E-state index in [-0.39, 0.29) is 0 Å². The van der Waals surface area contributed by atoms with Gasteiger partial charge in [0.05, 0.1) is 11.3 Å². The number of amides is 1. The van der Waals surface area contributed by atoms with E-state index in [0.29, 0.717) is 22.0 Å². The summed E-state index contributed by atoms with van der Waals surface area (Å²) in [6.45, 7) is 0. The molecule has 0 radical (unpaired) electrons. The van der Waals surface area contributed by atoms with E-state index in [0.717, 1.165) is 5.69 Å². The lowest BCUT2D eigenvalue weighted by Crippen LogP contribution is -2.13. The highest BCUT2D eigenvalue weighted by Crippen LogP contribution is 2.24. The molecule has 0 bridgehead atoms. The summed E-state index contributed by atoms with van der Waals surface area (Å²) in [5.41, 5.74) is 13.3. The predicted molar refractivity (Wildman–Crippen MR) is 74.1 cm³/mol. The van der Waals surface area contributed by atoms with Gasteiger partial charge in [0.15, 0.2) is 0 Å². The quantitative estimate of drug-likeness (QED) is 0.743. The molecule has 0 heterocycles. The molecular weight excluding hydrogens is 250 g/mol. The molecule has 0 aliphatic rings. The molecule has 2 aromatic rings. The fraction of sp³-hybridized carbons (Fsp3) is 0. The van der Waals surface area contributed by atoms with E-state index in [9.17, 15) is 4.79 Å². The van der Waals surface area contributed by atoms with E-state index in [1.54, 1.807) is 42.5 Å². The Morgan fingerprint density at radius 3 is 2.39 bits per heavy atom. The SMILES string of the molecule is NC(=O)c1ccc(N)cc1Nc1ccc(Cl)cc1. The third-order valence-corrected chi connectivity index (χ3v) is 2.68. The molecule has 4 nitrogen and oxygen atoms in total. The van der Waals surface area contributed by atoms with Crippen molar-refractivity contribution in [3.63, 3.8) is 0 Å². The van der Waals surface area contributed by atoms with Gasteiger partial charge in [-0.3, -0.25) is 4.79 Å². The fourth-order valence-corrected chi connectivity index (χ4v) is 1.69. The number of rotatable bonds is 3. The second-order valence-corrected chi connectivity index (χ2v) is 4.24. The van der Waals surface area contributed by atoms with E-state index < -0.39 is 5.91 Å². The zero-order valence-electron chi connectivity index (χ0n) is 9.48. The fourth-order valence-electron chi connectivity index (χ4n) is 1.57. The lowest BCUT2D eigenvalue weighted by molar-refractivity contribution is 0.100. The van der Waals surface area contributed by atoms with Gasteiger partial charge in [0.25, 0.3) is 5.91 Å². The monoisotopic (exact) mass is 261 g/mol. The Hall–Kier alpha value is -2.20. The van der Waals surface area contributed by atoms with Crippen LogP contribution in [-0.4, -0.2) is 5.91 Å². The van der Waals surface area contributed by atoms with E-state index in [4.69, 9.17) is 23.1 Å². The molecule has 2 rings (SSSR count). The third-order valence-electron chi connectivity index (χ3n) is 2.43. The number of anilines is 3. The first-order valence-corrected chi connectivity index (χ1v) is 5.66.